The second-order valence-electron chi connectivity index (χ2n) is 5.07. The summed E-state index contributed by atoms with van der Waals surface area (Å²) < 4.78 is 32.8. The van der Waals surface area contributed by atoms with Crippen molar-refractivity contribution in [3.8, 4) is 5.75 Å². The second-order valence-corrected chi connectivity index (χ2v) is 5.07. The van der Waals surface area contributed by atoms with Crippen molar-refractivity contribution >= 4 is 0 Å². The van der Waals surface area contributed by atoms with Crippen molar-refractivity contribution in [2.24, 2.45) is 0 Å². The molecule has 0 aromatic heterocycles. The number of rotatable bonds is 4. The van der Waals surface area contributed by atoms with E-state index >= 15 is 0 Å². The SMILES string of the molecule is CNC(c1ccc(C)c(OC)c1)c1cc(C)c(F)cc1F. The molecule has 21 heavy (non-hydrogen) atoms. The van der Waals surface area contributed by atoms with Gasteiger partial charge in [-0.1, -0.05) is 12.1 Å². The van der Waals surface area contributed by atoms with E-state index in [9.17, 15) is 8.78 Å². The maximum absolute atomic E-state index is 14.1. The topological polar surface area (TPSA) is 21.3 Å². The minimum atomic E-state index is -0.558. The van der Waals surface area contributed by atoms with Crippen LogP contribution in [0, 0.1) is 25.5 Å². The van der Waals surface area contributed by atoms with Crippen LogP contribution in [0.1, 0.15) is 28.3 Å². The Labute approximate surface area is 123 Å². The third kappa shape index (κ3) is 3.05. The molecular weight excluding hydrogens is 272 g/mol. The number of ether oxygens (including phenoxy) is 1. The van der Waals surface area contributed by atoms with Gasteiger partial charge >= 0.3 is 0 Å². The first-order valence-electron chi connectivity index (χ1n) is 6.75. The molecule has 0 saturated heterocycles. The number of methoxy groups -OCH3 is 1. The van der Waals surface area contributed by atoms with Crippen LogP contribution in [-0.2, 0) is 0 Å². The van der Waals surface area contributed by atoms with E-state index in [-0.39, 0.29) is 6.04 Å². The van der Waals surface area contributed by atoms with Gasteiger partial charge in [-0.2, -0.15) is 0 Å². The van der Waals surface area contributed by atoms with E-state index in [2.05, 4.69) is 5.32 Å². The first kappa shape index (κ1) is 15.4. The van der Waals surface area contributed by atoms with Gasteiger partial charge in [-0.15, -0.1) is 0 Å². The fourth-order valence-electron chi connectivity index (χ4n) is 2.42. The summed E-state index contributed by atoms with van der Waals surface area (Å²) in [5.74, 6) is -0.350. The van der Waals surface area contributed by atoms with Crippen LogP contribution in [0.15, 0.2) is 30.3 Å². The number of hydrogen-bond donors (Lipinski definition) is 1. The average molecular weight is 291 g/mol. The Morgan fingerprint density at radius 3 is 2.33 bits per heavy atom. The van der Waals surface area contributed by atoms with Crippen LogP contribution in [0.3, 0.4) is 0 Å². The smallest absolute Gasteiger partial charge is 0.131 e. The van der Waals surface area contributed by atoms with E-state index in [1.54, 1.807) is 21.1 Å². The van der Waals surface area contributed by atoms with Crippen LogP contribution in [-0.4, -0.2) is 14.2 Å². The molecule has 2 aromatic rings. The molecule has 0 radical (unpaired) electrons. The summed E-state index contributed by atoms with van der Waals surface area (Å²) in [6, 6.07) is 7.82. The maximum atomic E-state index is 14.1. The predicted molar refractivity (Wildman–Crippen MR) is 79.7 cm³/mol. The van der Waals surface area contributed by atoms with Crippen molar-refractivity contribution < 1.29 is 13.5 Å². The summed E-state index contributed by atoms with van der Waals surface area (Å²) in [4.78, 5) is 0. The lowest BCUT2D eigenvalue weighted by atomic mass is 9.95. The Morgan fingerprint density at radius 2 is 1.71 bits per heavy atom. The van der Waals surface area contributed by atoms with E-state index < -0.39 is 11.6 Å². The molecule has 2 rings (SSSR count). The average Bonchev–Trinajstić information content (AvgIpc) is 2.46. The standard InChI is InChI=1S/C17H19F2NO/c1-10-5-6-12(8-16(10)21-4)17(20-3)13-7-11(2)14(18)9-15(13)19/h5-9,17,20H,1-4H3. The van der Waals surface area contributed by atoms with E-state index in [0.717, 1.165) is 22.9 Å². The van der Waals surface area contributed by atoms with Gasteiger partial charge in [0.05, 0.1) is 13.2 Å². The molecule has 0 amide bonds. The fourth-order valence-corrected chi connectivity index (χ4v) is 2.42. The second kappa shape index (κ2) is 6.22. The highest BCUT2D eigenvalue weighted by molar-refractivity contribution is 5.42. The first-order chi connectivity index (χ1) is 9.97. The van der Waals surface area contributed by atoms with Crippen molar-refractivity contribution in [3.63, 3.8) is 0 Å². The molecular formula is C17H19F2NO. The Balaban J connectivity index is 2.52. The Hall–Kier alpha value is -1.94. The predicted octanol–water partition coefficient (Wildman–Crippen LogP) is 3.90. The molecule has 2 aromatic carbocycles. The summed E-state index contributed by atoms with van der Waals surface area (Å²) in [6.45, 7) is 3.57. The quantitative estimate of drug-likeness (QED) is 0.922. The molecule has 4 heteroatoms. The molecule has 2 nitrogen and oxygen atoms in total. The highest BCUT2D eigenvalue weighted by Gasteiger charge is 2.19. The highest BCUT2D eigenvalue weighted by atomic mass is 19.1. The molecule has 1 unspecified atom stereocenters. The van der Waals surface area contributed by atoms with Crippen LogP contribution < -0.4 is 10.1 Å². The molecule has 0 bridgehead atoms. The molecule has 1 atom stereocenters. The van der Waals surface area contributed by atoms with Gasteiger partial charge < -0.3 is 10.1 Å². The van der Waals surface area contributed by atoms with Crippen LogP contribution in [0.25, 0.3) is 0 Å². The third-order valence-electron chi connectivity index (χ3n) is 3.64. The van der Waals surface area contributed by atoms with E-state index in [1.807, 2.05) is 25.1 Å². The first-order valence-corrected chi connectivity index (χ1v) is 6.75. The van der Waals surface area contributed by atoms with Gasteiger partial charge in [0.25, 0.3) is 0 Å². The van der Waals surface area contributed by atoms with Crippen molar-refractivity contribution in [1.82, 2.24) is 5.32 Å². The molecule has 0 saturated carbocycles. The number of halogens is 2. The van der Waals surface area contributed by atoms with Gasteiger partial charge in [-0.25, -0.2) is 8.78 Å². The van der Waals surface area contributed by atoms with Gasteiger partial charge in [-0.3, -0.25) is 0 Å². The number of benzene rings is 2. The normalized spacial score (nSPS) is 12.3. The molecule has 0 heterocycles. The zero-order valence-corrected chi connectivity index (χ0v) is 12.6. The van der Waals surface area contributed by atoms with Crippen molar-refractivity contribution in [2.75, 3.05) is 14.2 Å². The van der Waals surface area contributed by atoms with Crippen molar-refractivity contribution in [2.45, 2.75) is 19.9 Å². The molecule has 1 N–H and O–H groups in total. The van der Waals surface area contributed by atoms with Gasteiger partial charge in [0.2, 0.25) is 0 Å². The van der Waals surface area contributed by atoms with Gasteiger partial charge in [0.1, 0.15) is 17.4 Å². The van der Waals surface area contributed by atoms with E-state index in [0.29, 0.717) is 11.1 Å². The molecule has 0 spiro atoms. The maximum Gasteiger partial charge on any atom is 0.131 e. The molecule has 0 fully saturated rings. The number of hydrogen-bond acceptors (Lipinski definition) is 2. The zero-order valence-electron chi connectivity index (χ0n) is 12.6. The van der Waals surface area contributed by atoms with Gasteiger partial charge in [-0.05, 0) is 49.7 Å². The largest absolute Gasteiger partial charge is 0.496 e. The van der Waals surface area contributed by atoms with Crippen molar-refractivity contribution in [3.05, 3.63) is 64.2 Å². The molecule has 0 aliphatic heterocycles. The lowest BCUT2D eigenvalue weighted by molar-refractivity contribution is 0.410. The van der Waals surface area contributed by atoms with Crippen LogP contribution >= 0.6 is 0 Å². The summed E-state index contributed by atoms with van der Waals surface area (Å²) in [5.41, 5.74) is 2.71. The summed E-state index contributed by atoms with van der Waals surface area (Å²) >= 11 is 0. The third-order valence-corrected chi connectivity index (χ3v) is 3.64. The van der Waals surface area contributed by atoms with Crippen molar-refractivity contribution in [1.29, 1.82) is 0 Å². The number of aryl methyl sites for hydroxylation is 2. The number of nitrogens with one attached hydrogen (secondary N) is 1. The Morgan fingerprint density at radius 1 is 1.00 bits per heavy atom. The summed E-state index contributed by atoms with van der Waals surface area (Å²) in [5, 5.41) is 3.07. The summed E-state index contributed by atoms with van der Waals surface area (Å²) in [7, 11) is 3.35. The highest BCUT2D eigenvalue weighted by Crippen LogP contribution is 2.29. The lowest BCUT2D eigenvalue weighted by Crippen LogP contribution is -2.19. The lowest BCUT2D eigenvalue weighted by Gasteiger charge is -2.20. The summed E-state index contributed by atoms with van der Waals surface area (Å²) in [6.07, 6.45) is 0. The van der Waals surface area contributed by atoms with Crippen LogP contribution in [0.2, 0.25) is 0 Å². The monoisotopic (exact) mass is 291 g/mol. The van der Waals surface area contributed by atoms with Crippen LogP contribution in [0.4, 0.5) is 8.78 Å². The van der Waals surface area contributed by atoms with Crippen LogP contribution in [0.5, 0.6) is 5.75 Å². The van der Waals surface area contributed by atoms with E-state index in [4.69, 9.17) is 4.74 Å². The minimum absolute atomic E-state index is 0.362. The van der Waals surface area contributed by atoms with E-state index in [1.165, 1.54) is 6.07 Å². The Bertz CT molecular complexity index is 655. The molecule has 112 valence electrons. The molecule has 0 aliphatic rings. The van der Waals surface area contributed by atoms with Gasteiger partial charge in [0.15, 0.2) is 0 Å². The molecule has 0 aliphatic carbocycles. The Kier molecular flexibility index (Phi) is 4.58. The zero-order chi connectivity index (χ0) is 15.6. The minimum Gasteiger partial charge on any atom is -0.496 e. The van der Waals surface area contributed by atoms with Gasteiger partial charge in [0, 0.05) is 11.6 Å². The fraction of sp³-hybridized carbons (Fsp3) is 0.294.